The second kappa shape index (κ2) is 4.04. The second-order valence-electron chi connectivity index (χ2n) is 2.17. The van der Waals surface area contributed by atoms with Gasteiger partial charge in [-0.05, 0) is 23.2 Å². The van der Waals surface area contributed by atoms with Gasteiger partial charge in [0.1, 0.15) is 0 Å². The van der Waals surface area contributed by atoms with E-state index in [0.29, 0.717) is 0 Å². The van der Waals surface area contributed by atoms with Gasteiger partial charge in [0.25, 0.3) is 0 Å². The summed E-state index contributed by atoms with van der Waals surface area (Å²) in [7, 11) is 0. The molecule has 0 spiro atoms. The Morgan fingerprint density at radius 3 is 2.58 bits per heavy atom. The molecule has 1 rings (SSSR count). The van der Waals surface area contributed by atoms with E-state index in [1.54, 1.807) is 0 Å². The van der Waals surface area contributed by atoms with E-state index in [1.165, 1.54) is 4.68 Å². The molecule has 1 aromatic rings. The Kier molecular flexibility index (Phi) is 3.28. The molecule has 0 radical (unpaired) electrons. The molecule has 7 heteroatoms. The number of aliphatic hydroxyl groups is 2. The van der Waals surface area contributed by atoms with Gasteiger partial charge in [0, 0.05) is 0 Å². The van der Waals surface area contributed by atoms with Crippen LogP contribution in [0.4, 0.5) is 0 Å². The molecule has 1 aromatic heterocycles. The molecule has 12 heavy (non-hydrogen) atoms. The predicted molar refractivity (Wildman–Crippen MR) is 43.1 cm³/mol. The zero-order valence-corrected chi connectivity index (χ0v) is 7.50. The van der Waals surface area contributed by atoms with Gasteiger partial charge < -0.3 is 10.2 Å². The Hall–Kier alpha value is -0.360. The summed E-state index contributed by atoms with van der Waals surface area (Å²) >= 11 is 11.0. The number of aromatic nitrogens is 3. The molecule has 0 saturated carbocycles. The summed E-state index contributed by atoms with van der Waals surface area (Å²) in [6.45, 7) is -0.275. The van der Waals surface area contributed by atoms with Crippen molar-refractivity contribution in [2.45, 2.75) is 12.6 Å². The van der Waals surface area contributed by atoms with Crippen LogP contribution in [0.1, 0.15) is 0 Å². The second-order valence-corrected chi connectivity index (χ2v) is 2.84. The molecule has 0 bridgehead atoms. The van der Waals surface area contributed by atoms with E-state index in [-0.39, 0.29) is 23.7 Å². The number of aliphatic hydroxyl groups excluding tert-OH is 2. The van der Waals surface area contributed by atoms with Gasteiger partial charge >= 0.3 is 0 Å². The molecule has 0 aromatic carbocycles. The highest BCUT2D eigenvalue weighted by molar-refractivity contribution is 6.31. The van der Waals surface area contributed by atoms with Crippen LogP contribution in [0.25, 0.3) is 0 Å². The first kappa shape index (κ1) is 9.73. The average Bonchev–Trinajstić information content (AvgIpc) is 2.30. The van der Waals surface area contributed by atoms with E-state index >= 15 is 0 Å². The maximum Gasteiger partial charge on any atom is 0.243 e. The van der Waals surface area contributed by atoms with Crippen LogP contribution in [0.15, 0.2) is 0 Å². The van der Waals surface area contributed by atoms with Gasteiger partial charge in [-0.2, -0.15) is 4.98 Å². The lowest BCUT2D eigenvalue weighted by Gasteiger charge is -2.05. The van der Waals surface area contributed by atoms with Crippen molar-refractivity contribution in [2.75, 3.05) is 6.61 Å². The minimum atomic E-state index is -0.903. The first-order chi connectivity index (χ1) is 5.63. The summed E-state index contributed by atoms with van der Waals surface area (Å²) < 4.78 is 1.21. The lowest BCUT2D eigenvalue weighted by Crippen LogP contribution is -2.20. The molecule has 68 valence electrons. The van der Waals surface area contributed by atoms with Crippen molar-refractivity contribution < 1.29 is 10.2 Å². The topological polar surface area (TPSA) is 71.2 Å². The van der Waals surface area contributed by atoms with Crippen molar-refractivity contribution >= 4 is 23.2 Å². The van der Waals surface area contributed by atoms with Crippen molar-refractivity contribution in [3.63, 3.8) is 0 Å². The Balaban J connectivity index is 2.68. The van der Waals surface area contributed by atoms with Gasteiger partial charge in [0.15, 0.2) is 0 Å². The SMILES string of the molecule is OCC(O)Cn1nc(Cl)nc1Cl. The highest BCUT2D eigenvalue weighted by atomic mass is 35.5. The van der Waals surface area contributed by atoms with Gasteiger partial charge in [-0.15, -0.1) is 5.10 Å². The van der Waals surface area contributed by atoms with Gasteiger partial charge in [0.05, 0.1) is 19.3 Å². The van der Waals surface area contributed by atoms with Crippen LogP contribution in [0.2, 0.25) is 10.6 Å². The Morgan fingerprint density at radius 1 is 1.50 bits per heavy atom. The first-order valence-electron chi connectivity index (χ1n) is 3.18. The van der Waals surface area contributed by atoms with Crippen molar-refractivity contribution in [1.82, 2.24) is 14.8 Å². The minimum absolute atomic E-state index is 0.0186. The molecular formula is C5H7Cl2N3O2. The van der Waals surface area contributed by atoms with Crippen LogP contribution in [-0.2, 0) is 6.54 Å². The normalized spacial score (nSPS) is 13.3. The monoisotopic (exact) mass is 211 g/mol. The third-order valence-corrected chi connectivity index (χ3v) is 1.63. The van der Waals surface area contributed by atoms with Crippen LogP contribution in [0.5, 0.6) is 0 Å². The lowest BCUT2D eigenvalue weighted by atomic mass is 10.4. The lowest BCUT2D eigenvalue weighted by molar-refractivity contribution is 0.0782. The van der Waals surface area contributed by atoms with Crippen LogP contribution in [0.3, 0.4) is 0 Å². The molecule has 0 aliphatic rings. The van der Waals surface area contributed by atoms with Crippen molar-refractivity contribution in [3.8, 4) is 0 Å². The molecule has 1 heterocycles. The largest absolute Gasteiger partial charge is 0.394 e. The number of rotatable bonds is 3. The van der Waals surface area contributed by atoms with E-state index in [1.807, 2.05) is 0 Å². The molecule has 0 fully saturated rings. The third kappa shape index (κ3) is 2.31. The number of halogens is 2. The quantitative estimate of drug-likeness (QED) is 0.736. The van der Waals surface area contributed by atoms with Crippen molar-refractivity contribution in [2.24, 2.45) is 0 Å². The van der Waals surface area contributed by atoms with Crippen molar-refractivity contribution in [3.05, 3.63) is 10.6 Å². The number of nitrogens with zero attached hydrogens (tertiary/aromatic N) is 3. The molecular weight excluding hydrogens is 205 g/mol. The van der Waals surface area contributed by atoms with E-state index in [2.05, 4.69) is 10.1 Å². The van der Waals surface area contributed by atoms with Crippen LogP contribution in [-0.4, -0.2) is 37.7 Å². The molecule has 0 aliphatic carbocycles. The Morgan fingerprint density at radius 2 is 2.17 bits per heavy atom. The maximum atomic E-state index is 9.00. The zero-order chi connectivity index (χ0) is 9.14. The maximum absolute atomic E-state index is 9.00. The zero-order valence-electron chi connectivity index (χ0n) is 5.98. The van der Waals surface area contributed by atoms with Gasteiger partial charge in [-0.25, -0.2) is 4.68 Å². The van der Waals surface area contributed by atoms with Crippen LogP contribution >= 0.6 is 23.2 Å². The van der Waals surface area contributed by atoms with Crippen LogP contribution in [0, 0.1) is 0 Å². The highest BCUT2D eigenvalue weighted by Gasteiger charge is 2.09. The summed E-state index contributed by atoms with van der Waals surface area (Å²) in [6, 6.07) is 0. The van der Waals surface area contributed by atoms with Crippen molar-refractivity contribution in [1.29, 1.82) is 0 Å². The van der Waals surface area contributed by atoms with Gasteiger partial charge in [0.2, 0.25) is 10.6 Å². The third-order valence-electron chi connectivity index (χ3n) is 1.20. The fraction of sp³-hybridized carbons (Fsp3) is 0.600. The fourth-order valence-corrected chi connectivity index (χ4v) is 1.07. The smallest absolute Gasteiger partial charge is 0.243 e. The van der Waals surface area contributed by atoms with E-state index in [4.69, 9.17) is 33.4 Å². The Labute approximate surface area is 78.5 Å². The van der Waals surface area contributed by atoms with E-state index in [0.717, 1.165) is 0 Å². The van der Waals surface area contributed by atoms with E-state index in [9.17, 15) is 0 Å². The summed E-state index contributed by atoms with van der Waals surface area (Å²) in [6.07, 6.45) is -0.903. The molecule has 1 atom stereocenters. The fourth-order valence-electron chi connectivity index (χ4n) is 0.671. The predicted octanol–water partition coefficient (Wildman–Crippen LogP) is -0.0619. The standard InChI is InChI=1S/C5H7Cl2N3O2/c6-4-8-5(7)10(9-4)1-3(12)2-11/h3,11-12H,1-2H2. The van der Waals surface area contributed by atoms with Gasteiger partial charge in [-0.1, -0.05) is 0 Å². The number of hydrogen-bond acceptors (Lipinski definition) is 4. The molecule has 0 amide bonds. The summed E-state index contributed by atoms with van der Waals surface area (Å²) in [5.41, 5.74) is 0. The minimum Gasteiger partial charge on any atom is -0.394 e. The average molecular weight is 212 g/mol. The Bertz CT molecular complexity index is 265. The number of hydrogen-bond donors (Lipinski definition) is 2. The molecule has 2 N–H and O–H groups in total. The molecule has 1 unspecified atom stereocenters. The summed E-state index contributed by atoms with van der Waals surface area (Å²) in [5, 5.41) is 21.3. The van der Waals surface area contributed by atoms with Gasteiger partial charge in [-0.3, -0.25) is 0 Å². The molecule has 0 saturated heterocycles. The molecule has 5 nitrogen and oxygen atoms in total. The highest BCUT2D eigenvalue weighted by Crippen LogP contribution is 2.09. The summed E-state index contributed by atoms with van der Waals surface area (Å²) in [5.74, 6) is 0. The summed E-state index contributed by atoms with van der Waals surface area (Å²) in [4.78, 5) is 3.59. The first-order valence-corrected chi connectivity index (χ1v) is 3.94. The molecule has 0 aliphatic heterocycles. The van der Waals surface area contributed by atoms with E-state index < -0.39 is 6.10 Å². The van der Waals surface area contributed by atoms with Crippen LogP contribution < -0.4 is 0 Å².